The van der Waals surface area contributed by atoms with Gasteiger partial charge in [-0.05, 0) is 43.0 Å². The van der Waals surface area contributed by atoms with Crippen LogP contribution in [-0.2, 0) is 5.41 Å². The Morgan fingerprint density at radius 2 is 1.55 bits per heavy atom. The Kier molecular flexibility index (Phi) is 4.45. The number of benzene rings is 1. The molecule has 1 aromatic carbocycles. The van der Waals surface area contributed by atoms with E-state index < -0.39 is 0 Å². The predicted molar refractivity (Wildman–Crippen MR) is 87.7 cm³/mol. The lowest BCUT2D eigenvalue weighted by Crippen LogP contribution is -2.30. The normalized spacial score (nSPS) is 11.1. The number of amides is 1. The molecule has 0 aliphatic rings. The quantitative estimate of drug-likeness (QED) is 0.854. The molecule has 0 aliphatic carbocycles. The third-order valence-corrected chi connectivity index (χ3v) is 3.28. The molecule has 1 amide bonds. The van der Waals surface area contributed by atoms with Gasteiger partial charge in [-0.15, -0.1) is 0 Å². The molecule has 0 aliphatic heterocycles. The van der Waals surface area contributed by atoms with Gasteiger partial charge in [0.15, 0.2) is 0 Å². The molecule has 0 saturated carbocycles. The first kappa shape index (κ1) is 15.9. The third-order valence-electron chi connectivity index (χ3n) is 3.28. The topological polar surface area (TPSA) is 66.9 Å². The van der Waals surface area contributed by atoms with Crippen molar-refractivity contribution in [1.29, 1.82) is 0 Å². The van der Waals surface area contributed by atoms with Crippen LogP contribution in [0.5, 0.6) is 0 Å². The lowest BCUT2D eigenvalue weighted by atomic mass is 9.87. The molecule has 22 heavy (non-hydrogen) atoms. The molecule has 0 bridgehead atoms. The highest BCUT2D eigenvalue weighted by Gasteiger charge is 2.14. The molecular formula is C17H22N4O. The maximum atomic E-state index is 12.1. The monoisotopic (exact) mass is 298 g/mol. The SMILES string of the molecule is Cc1cc(C)nc(NNC(=O)c2ccc(C(C)(C)C)cc2)n1. The van der Waals surface area contributed by atoms with Crippen LogP contribution in [0.3, 0.4) is 0 Å². The Balaban J connectivity index is 2.03. The highest BCUT2D eigenvalue weighted by atomic mass is 16.2. The fourth-order valence-corrected chi connectivity index (χ4v) is 2.09. The number of nitrogens with zero attached hydrogens (tertiary/aromatic N) is 2. The second-order valence-electron chi connectivity index (χ2n) is 6.38. The molecule has 0 unspecified atom stereocenters. The average molecular weight is 298 g/mol. The van der Waals surface area contributed by atoms with Gasteiger partial charge in [0.2, 0.25) is 5.95 Å². The largest absolute Gasteiger partial charge is 0.269 e. The molecule has 2 rings (SSSR count). The van der Waals surface area contributed by atoms with E-state index in [1.807, 2.05) is 44.2 Å². The maximum absolute atomic E-state index is 12.1. The van der Waals surface area contributed by atoms with Crippen molar-refractivity contribution in [3.63, 3.8) is 0 Å². The highest BCUT2D eigenvalue weighted by Crippen LogP contribution is 2.22. The van der Waals surface area contributed by atoms with Crippen LogP contribution in [0.15, 0.2) is 30.3 Å². The van der Waals surface area contributed by atoms with Gasteiger partial charge in [-0.1, -0.05) is 32.9 Å². The summed E-state index contributed by atoms with van der Waals surface area (Å²) < 4.78 is 0. The van der Waals surface area contributed by atoms with Gasteiger partial charge < -0.3 is 0 Å². The number of anilines is 1. The smallest absolute Gasteiger partial charge is 0.267 e. The predicted octanol–water partition coefficient (Wildman–Crippen LogP) is 3.15. The summed E-state index contributed by atoms with van der Waals surface area (Å²) in [6, 6.07) is 9.46. The fraction of sp³-hybridized carbons (Fsp3) is 0.353. The minimum atomic E-state index is -0.219. The van der Waals surface area contributed by atoms with Crippen LogP contribution in [-0.4, -0.2) is 15.9 Å². The molecule has 5 heteroatoms. The van der Waals surface area contributed by atoms with E-state index in [-0.39, 0.29) is 11.3 Å². The van der Waals surface area contributed by atoms with Crippen LogP contribution >= 0.6 is 0 Å². The molecule has 5 nitrogen and oxygen atoms in total. The van der Waals surface area contributed by atoms with Crippen molar-refractivity contribution in [2.45, 2.75) is 40.0 Å². The van der Waals surface area contributed by atoms with E-state index in [1.165, 1.54) is 5.56 Å². The van der Waals surface area contributed by atoms with Crippen molar-refractivity contribution >= 4 is 11.9 Å². The van der Waals surface area contributed by atoms with Gasteiger partial charge in [0.05, 0.1) is 0 Å². The first-order chi connectivity index (χ1) is 10.3. The zero-order valence-corrected chi connectivity index (χ0v) is 13.7. The van der Waals surface area contributed by atoms with Crippen LogP contribution in [0.4, 0.5) is 5.95 Å². The second-order valence-corrected chi connectivity index (χ2v) is 6.38. The summed E-state index contributed by atoms with van der Waals surface area (Å²) >= 11 is 0. The summed E-state index contributed by atoms with van der Waals surface area (Å²) in [6.45, 7) is 10.2. The van der Waals surface area contributed by atoms with Crippen molar-refractivity contribution < 1.29 is 4.79 Å². The Morgan fingerprint density at radius 1 is 1.00 bits per heavy atom. The molecule has 1 aromatic heterocycles. The molecule has 0 atom stereocenters. The Labute approximate surface area is 131 Å². The summed E-state index contributed by atoms with van der Waals surface area (Å²) in [7, 11) is 0. The van der Waals surface area contributed by atoms with Gasteiger partial charge in [-0.25, -0.2) is 9.97 Å². The molecule has 0 fully saturated rings. The van der Waals surface area contributed by atoms with Crippen molar-refractivity contribution in [2.24, 2.45) is 0 Å². The molecule has 1 heterocycles. The molecule has 116 valence electrons. The molecule has 0 saturated heterocycles. The second kappa shape index (κ2) is 6.13. The van der Waals surface area contributed by atoms with Gasteiger partial charge in [-0.2, -0.15) is 0 Å². The zero-order chi connectivity index (χ0) is 16.3. The molecule has 2 N–H and O–H groups in total. The number of carbonyl (C=O) groups is 1. The van der Waals surface area contributed by atoms with Gasteiger partial charge >= 0.3 is 0 Å². The van der Waals surface area contributed by atoms with Crippen LogP contribution in [0.25, 0.3) is 0 Å². The number of hydrogen-bond acceptors (Lipinski definition) is 4. The van der Waals surface area contributed by atoms with Gasteiger partial charge in [-0.3, -0.25) is 15.6 Å². The first-order valence-electron chi connectivity index (χ1n) is 7.25. The number of rotatable bonds is 3. The third kappa shape index (κ3) is 4.04. The van der Waals surface area contributed by atoms with E-state index in [2.05, 4.69) is 41.6 Å². The fourth-order valence-electron chi connectivity index (χ4n) is 2.09. The summed E-state index contributed by atoms with van der Waals surface area (Å²) in [6.07, 6.45) is 0. The Hall–Kier alpha value is -2.43. The summed E-state index contributed by atoms with van der Waals surface area (Å²) in [5, 5.41) is 0. The summed E-state index contributed by atoms with van der Waals surface area (Å²) in [5.74, 6) is 0.167. The van der Waals surface area contributed by atoms with Crippen molar-refractivity contribution in [3.8, 4) is 0 Å². The van der Waals surface area contributed by atoms with Crippen molar-refractivity contribution in [1.82, 2.24) is 15.4 Å². The lowest BCUT2D eigenvalue weighted by molar-refractivity contribution is 0.0962. The summed E-state index contributed by atoms with van der Waals surface area (Å²) in [4.78, 5) is 20.5. The Morgan fingerprint density at radius 3 is 2.05 bits per heavy atom. The molecular weight excluding hydrogens is 276 g/mol. The minimum Gasteiger partial charge on any atom is -0.267 e. The molecule has 2 aromatic rings. The minimum absolute atomic E-state index is 0.0696. The van der Waals surface area contributed by atoms with E-state index in [9.17, 15) is 4.79 Å². The van der Waals surface area contributed by atoms with Gasteiger partial charge in [0, 0.05) is 17.0 Å². The number of carbonyl (C=O) groups excluding carboxylic acids is 1. The zero-order valence-electron chi connectivity index (χ0n) is 13.7. The number of aryl methyl sites for hydroxylation is 2. The van der Waals surface area contributed by atoms with Crippen LogP contribution < -0.4 is 10.9 Å². The van der Waals surface area contributed by atoms with E-state index in [4.69, 9.17) is 0 Å². The van der Waals surface area contributed by atoms with E-state index in [0.29, 0.717) is 11.5 Å². The maximum Gasteiger partial charge on any atom is 0.269 e. The standard InChI is InChI=1S/C17H22N4O/c1-11-10-12(2)19-16(18-11)21-20-15(22)13-6-8-14(9-7-13)17(3,4)5/h6-10H,1-5H3,(H,20,22)(H,18,19,21). The number of aromatic nitrogens is 2. The lowest BCUT2D eigenvalue weighted by Gasteiger charge is -2.19. The van der Waals surface area contributed by atoms with E-state index in [0.717, 1.165) is 11.4 Å². The summed E-state index contributed by atoms with van der Waals surface area (Å²) in [5.41, 5.74) is 8.90. The van der Waals surface area contributed by atoms with E-state index in [1.54, 1.807) is 0 Å². The van der Waals surface area contributed by atoms with E-state index >= 15 is 0 Å². The van der Waals surface area contributed by atoms with Crippen LogP contribution in [0.1, 0.15) is 48.1 Å². The van der Waals surface area contributed by atoms with Crippen LogP contribution in [0, 0.1) is 13.8 Å². The number of hydrogen-bond donors (Lipinski definition) is 2. The number of nitrogens with one attached hydrogen (secondary N) is 2. The van der Waals surface area contributed by atoms with Gasteiger partial charge in [0.1, 0.15) is 0 Å². The average Bonchev–Trinajstić information content (AvgIpc) is 2.43. The number of hydrazine groups is 1. The van der Waals surface area contributed by atoms with Gasteiger partial charge in [0.25, 0.3) is 5.91 Å². The molecule has 0 spiro atoms. The Bertz CT molecular complexity index is 652. The first-order valence-corrected chi connectivity index (χ1v) is 7.25. The van der Waals surface area contributed by atoms with Crippen molar-refractivity contribution in [3.05, 3.63) is 52.8 Å². The van der Waals surface area contributed by atoms with Crippen molar-refractivity contribution in [2.75, 3.05) is 5.43 Å². The van der Waals surface area contributed by atoms with Crippen LogP contribution in [0.2, 0.25) is 0 Å². The molecule has 0 radical (unpaired) electrons. The highest BCUT2D eigenvalue weighted by molar-refractivity contribution is 5.94.